The number of carbonyl (C=O) groups is 2. The fourth-order valence-corrected chi connectivity index (χ4v) is 2.06. The van der Waals surface area contributed by atoms with Crippen molar-refractivity contribution < 1.29 is 32.6 Å². The number of methoxy groups -OCH3 is 1. The predicted octanol–water partition coefficient (Wildman–Crippen LogP) is 2.41. The van der Waals surface area contributed by atoms with Crippen LogP contribution in [0.3, 0.4) is 0 Å². The predicted molar refractivity (Wildman–Crippen MR) is 75.6 cm³/mol. The maximum atomic E-state index is 12.4. The van der Waals surface area contributed by atoms with Crippen molar-refractivity contribution in [3.05, 3.63) is 29.3 Å². The summed E-state index contributed by atoms with van der Waals surface area (Å²) in [5, 5.41) is 9.34. The number of alkyl halides is 3. The quantitative estimate of drug-likeness (QED) is 0.802. The molecule has 0 saturated heterocycles. The van der Waals surface area contributed by atoms with Crippen molar-refractivity contribution in [1.82, 2.24) is 4.90 Å². The molecule has 0 spiro atoms. The summed E-state index contributed by atoms with van der Waals surface area (Å²) in [5.74, 6) is -0.761. The van der Waals surface area contributed by atoms with Crippen LogP contribution in [0.25, 0.3) is 0 Å². The van der Waals surface area contributed by atoms with Crippen molar-refractivity contribution in [3.63, 3.8) is 0 Å². The lowest BCUT2D eigenvalue weighted by Gasteiger charge is -2.22. The molecule has 0 saturated carbocycles. The first-order valence-electron chi connectivity index (χ1n) is 6.82. The zero-order valence-corrected chi connectivity index (χ0v) is 12.8. The number of phenols is 1. The van der Waals surface area contributed by atoms with Crippen LogP contribution in [-0.2, 0) is 27.3 Å². The first kappa shape index (κ1) is 18.8. The molecule has 0 radical (unpaired) electrons. The third-order valence-corrected chi connectivity index (χ3v) is 3.17. The van der Waals surface area contributed by atoms with Crippen molar-refractivity contribution in [3.8, 4) is 5.75 Å². The van der Waals surface area contributed by atoms with Crippen LogP contribution in [-0.4, -0.2) is 41.7 Å². The van der Waals surface area contributed by atoms with Gasteiger partial charge >= 0.3 is 12.1 Å². The van der Waals surface area contributed by atoms with Crippen molar-refractivity contribution in [2.45, 2.75) is 32.5 Å². The number of aromatic hydroxyl groups is 1. The summed E-state index contributed by atoms with van der Waals surface area (Å²) < 4.78 is 41.2. The second-order valence-corrected chi connectivity index (χ2v) is 5.01. The van der Waals surface area contributed by atoms with Crippen molar-refractivity contribution in [2.75, 3.05) is 13.7 Å². The number of halogens is 3. The molecule has 2 rings (SSSR count). The molecule has 0 aromatic heterocycles. The molecule has 128 valence electrons. The van der Waals surface area contributed by atoms with E-state index in [4.69, 9.17) is 0 Å². The van der Waals surface area contributed by atoms with E-state index >= 15 is 0 Å². The number of esters is 1. The van der Waals surface area contributed by atoms with Gasteiger partial charge in [-0.2, -0.15) is 13.2 Å². The molecule has 23 heavy (non-hydrogen) atoms. The highest BCUT2D eigenvalue weighted by atomic mass is 19.4. The molecule has 5 nitrogen and oxygen atoms in total. The van der Waals surface area contributed by atoms with E-state index in [0.29, 0.717) is 12.0 Å². The van der Waals surface area contributed by atoms with Gasteiger partial charge in [0, 0.05) is 19.9 Å². The van der Waals surface area contributed by atoms with Gasteiger partial charge < -0.3 is 14.7 Å². The Morgan fingerprint density at radius 3 is 2.43 bits per heavy atom. The van der Waals surface area contributed by atoms with Gasteiger partial charge in [-0.25, -0.2) is 0 Å². The van der Waals surface area contributed by atoms with E-state index in [-0.39, 0.29) is 24.7 Å². The Morgan fingerprint density at radius 1 is 1.30 bits per heavy atom. The molecule has 1 N–H and O–H groups in total. The van der Waals surface area contributed by atoms with E-state index in [2.05, 4.69) is 4.74 Å². The third kappa shape index (κ3) is 6.58. The lowest BCUT2D eigenvalue weighted by atomic mass is 10.0. The Balaban J connectivity index is 0.000000463. The zero-order chi connectivity index (χ0) is 17.6. The molecule has 0 atom stereocenters. The van der Waals surface area contributed by atoms with Crippen molar-refractivity contribution in [2.24, 2.45) is 0 Å². The highest BCUT2D eigenvalue weighted by Gasteiger charge is 2.34. The van der Waals surface area contributed by atoms with Crippen LogP contribution in [0.5, 0.6) is 5.75 Å². The normalized spacial score (nSPS) is 14.3. The van der Waals surface area contributed by atoms with Gasteiger partial charge in [-0.3, -0.25) is 9.59 Å². The average molecular weight is 333 g/mol. The summed E-state index contributed by atoms with van der Waals surface area (Å²) in [5.41, 5.74) is 1.39. The van der Waals surface area contributed by atoms with E-state index in [1.54, 1.807) is 6.07 Å². The van der Waals surface area contributed by atoms with Gasteiger partial charge in [-0.1, -0.05) is 6.07 Å². The Labute approximate surface area is 131 Å². The number of aryl methyl sites for hydroxylation is 1. The Kier molecular flexibility index (Phi) is 6.41. The molecule has 1 aliphatic heterocycles. The van der Waals surface area contributed by atoms with Crippen LogP contribution in [0, 0.1) is 0 Å². The third-order valence-electron chi connectivity index (χ3n) is 3.17. The molecule has 1 heterocycles. The van der Waals surface area contributed by atoms with Crippen LogP contribution in [0.4, 0.5) is 13.2 Å². The number of carbonyl (C=O) groups excluding carboxylic acids is 2. The van der Waals surface area contributed by atoms with Gasteiger partial charge in [0.2, 0.25) is 5.91 Å². The Hall–Kier alpha value is -2.25. The minimum absolute atomic E-state index is 0.00458. The Bertz CT molecular complexity index is 572. The molecule has 8 heteroatoms. The second kappa shape index (κ2) is 7.85. The summed E-state index contributed by atoms with van der Waals surface area (Å²) in [7, 11) is 1.35. The monoisotopic (exact) mass is 333 g/mol. The number of amides is 1. The van der Waals surface area contributed by atoms with E-state index in [1.807, 2.05) is 0 Å². The first-order valence-corrected chi connectivity index (χ1v) is 6.82. The number of ether oxygens (including phenoxy) is 1. The van der Waals surface area contributed by atoms with Crippen molar-refractivity contribution in [1.29, 1.82) is 0 Å². The summed E-state index contributed by atoms with van der Waals surface area (Å²) in [4.78, 5) is 22.0. The molecule has 0 bridgehead atoms. The SMILES string of the molecule is COC(C)=O.O=C1CCc2ccc(O)cc2CN1CC(F)(F)F. The van der Waals surface area contributed by atoms with Crippen LogP contribution in [0.2, 0.25) is 0 Å². The fraction of sp³-hybridized carbons (Fsp3) is 0.467. The maximum Gasteiger partial charge on any atom is 0.406 e. The first-order chi connectivity index (χ1) is 10.6. The van der Waals surface area contributed by atoms with E-state index in [0.717, 1.165) is 10.5 Å². The van der Waals surface area contributed by atoms with Crippen LogP contribution in [0.1, 0.15) is 24.5 Å². The molecular weight excluding hydrogens is 315 g/mol. The zero-order valence-electron chi connectivity index (χ0n) is 12.8. The van der Waals surface area contributed by atoms with E-state index < -0.39 is 18.6 Å². The molecule has 0 fully saturated rings. The lowest BCUT2D eigenvalue weighted by molar-refractivity contribution is -0.162. The fourth-order valence-electron chi connectivity index (χ4n) is 2.06. The van der Waals surface area contributed by atoms with E-state index in [1.165, 1.54) is 26.2 Å². The summed E-state index contributed by atoms with van der Waals surface area (Å²) in [6.45, 7) is 0.00298. The number of hydrogen-bond acceptors (Lipinski definition) is 4. The second-order valence-electron chi connectivity index (χ2n) is 5.01. The number of phenolic OH excluding ortho intramolecular Hbond substituents is 1. The maximum absolute atomic E-state index is 12.4. The molecule has 1 aromatic carbocycles. The largest absolute Gasteiger partial charge is 0.508 e. The molecule has 1 aliphatic rings. The highest BCUT2D eigenvalue weighted by molar-refractivity contribution is 5.77. The lowest BCUT2D eigenvalue weighted by Crippen LogP contribution is -2.37. The van der Waals surface area contributed by atoms with Gasteiger partial charge in [-0.15, -0.1) is 0 Å². The topological polar surface area (TPSA) is 66.8 Å². The van der Waals surface area contributed by atoms with Gasteiger partial charge in [-0.05, 0) is 29.7 Å². The van der Waals surface area contributed by atoms with Crippen molar-refractivity contribution >= 4 is 11.9 Å². The van der Waals surface area contributed by atoms with E-state index in [9.17, 15) is 27.9 Å². The average Bonchev–Trinajstić information content (AvgIpc) is 2.58. The summed E-state index contributed by atoms with van der Waals surface area (Å²) >= 11 is 0. The van der Waals surface area contributed by atoms with Crippen LogP contribution >= 0.6 is 0 Å². The number of hydrogen-bond donors (Lipinski definition) is 1. The number of fused-ring (bicyclic) bond motifs is 1. The summed E-state index contributed by atoms with van der Waals surface area (Å²) in [6, 6.07) is 4.54. The van der Waals surface area contributed by atoms with Gasteiger partial charge in [0.1, 0.15) is 12.3 Å². The molecular formula is C15H18F3NO4. The number of nitrogens with zero attached hydrogens (tertiary/aromatic N) is 1. The van der Waals surface area contributed by atoms with Crippen LogP contribution < -0.4 is 0 Å². The minimum Gasteiger partial charge on any atom is -0.508 e. The summed E-state index contributed by atoms with van der Waals surface area (Å²) in [6.07, 6.45) is -3.94. The van der Waals surface area contributed by atoms with Gasteiger partial charge in [0.05, 0.1) is 7.11 Å². The van der Waals surface area contributed by atoms with Gasteiger partial charge in [0.15, 0.2) is 0 Å². The number of benzene rings is 1. The molecule has 0 unspecified atom stereocenters. The van der Waals surface area contributed by atoms with Crippen LogP contribution in [0.15, 0.2) is 18.2 Å². The smallest absolute Gasteiger partial charge is 0.406 e. The standard InChI is InChI=1S/C12H12F3NO2.C3H6O2/c13-12(14,15)7-16-6-9-5-10(17)3-1-8(9)2-4-11(16)18;1-3(4)5-2/h1,3,5,17H,2,4,6-7H2;1-2H3. The van der Waals surface area contributed by atoms with Gasteiger partial charge in [0.25, 0.3) is 0 Å². The number of rotatable bonds is 1. The minimum atomic E-state index is -4.41. The molecule has 0 aliphatic carbocycles. The molecule has 1 amide bonds. The molecule has 1 aromatic rings. The highest BCUT2D eigenvalue weighted by Crippen LogP contribution is 2.26. The Morgan fingerprint density at radius 2 is 1.91 bits per heavy atom.